The number of H-pyrrole nitrogens is 1. The molecule has 170 valence electrons. The first-order valence-corrected chi connectivity index (χ1v) is 11.1. The second-order valence-corrected chi connectivity index (χ2v) is 8.60. The summed E-state index contributed by atoms with van der Waals surface area (Å²) >= 11 is 6.23. The number of aryl methyl sites for hydroxylation is 2. The molecule has 9 heteroatoms. The summed E-state index contributed by atoms with van der Waals surface area (Å²) in [6, 6.07) is 6.35. The van der Waals surface area contributed by atoms with Crippen LogP contribution in [0.25, 0.3) is 5.76 Å². The van der Waals surface area contributed by atoms with E-state index in [0.29, 0.717) is 53.7 Å². The maximum absolute atomic E-state index is 13.1. The Morgan fingerprint density at radius 2 is 2.00 bits per heavy atom. The topological polar surface area (TPSA) is 98.8 Å². The molecule has 2 aliphatic rings. The van der Waals surface area contributed by atoms with Gasteiger partial charge in [0.1, 0.15) is 5.76 Å². The third-order valence-electron chi connectivity index (χ3n) is 6.05. The van der Waals surface area contributed by atoms with Gasteiger partial charge in [-0.3, -0.25) is 19.6 Å². The average Bonchev–Trinajstić information content (AvgIpc) is 3.24. The van der Waals surface area contributed by atoms with Crippen LogP contribution in [0, 0.1) is 13.8 Å². The van der Waals surface area contributed by atoms with Gasteiger partial charge < -0.3 is 14.7 Å². The van der Waals surface area contributed by atoms with E-state index in [1.165, 1.54) is 0 Å². The van der Waals surface area contributed by atoms with Gasteiger partial charge >= 0.3 is 0 Å². The molecule has 1 aromatic carbocycles. The molecule has 0 unspecified atom stereocenters. The summed E-state index contributed by atoms with van der Waals surface area (Å²) in [5, 5.41) is 18.6. The largest absolute Gasteiger partial charge is 0.507 e. The van der Waals surface area contributed by atoms with Crippen molar-refractivity contribution in [2.75, 3.05) is 39.4 Å². The highest BCUT2D eigenvalue weighted by Crippen LogP contribution is 2.40. The van der Waals surface area contributed by atoms with Gasteiger partial charge in [0.15, 0.2) is 0 Å². The summed E-state index contributed by atoms with van der Waals surface area (Å²) in [6.07, 6.45) is 0.702. The van der Waals surface area contributed by atoms with E-state index in [0.717, 1.165) is 19.6 Å². The number of Topliss-reactive ketones (excluding diaryl/α,β-unsaturated/α-hetero) is 1. The Labute approximate surface area is 191 Å². The number of aliphatic hydroxyl groups is 1. The number of rotatable bonds is 6. The van der Waals surface area contributed by atoms with E-state index in [-0.39, 0.29) is 11.3 Å². The van der Waals surface area contributed by atoms with Crippen LogP contribution in [0.5, 0.6) is 0 Å². The van der Waals surface area contributed by atoms with E-state index in [1.807, 2.05) is 6.07 Å². The van der Waals surface area contributed by atoms with Crippen LogP contribution in [-0.2, 0) is 14.3 Å². The average molecular weight is 459 g/mol. The van der Waals surface area contributed by atoms with E-state index in [9.17, 15) is 14.7 Å². The fraction of sp³-hybridized carbons (Fsp3) is 0.435. The van der Waals surface area contributed by atoms with E-state index in [2.05, 4.69) is 15.1 Å². The van der Waals surface area contributed by atoms with Crippen LogP contribution in [0.2, 0.25) is 5.02 Å². The standard InChI is InChI=1S/C23H27ClN4O4/c1-14-18(15(2)26-25-14)21(29)19-20(16-5-3-6-17(24)13-16)28(23(31)22(19)30)8-4-7-27-9-11-32-12-10-27/h3,5-6,13,20,29H,4,7-12H2,1-2H3,(H,25,26)/t20-/m0/s1. The van der Waals surface area contributed by atoms with E-state index >= 15 is 0 Å². The maximum Gasteiger partial charge on any atom is 0.295 e. The number of aliphatic hydroxyl groups excluding tert-OH is 1. The van der Waals surface area contributed by atoms with Gasteiger partial charge in [-0.25, -0.2) is 0 Å². The number of carbonyl (C=O) groups excluding carboxylic acids is 2. The lowest BCUT2D eigenvalue weighted by Crippen LogP contribution is -2.38. The number of halogens is 1. The third-order valence-corrected chi connectivity index (χ3v) is 6.28. The van der Waals surface area contributed by atoms with Crippen LogP contribution in [0.15, 0.2) is 29.8 Å². The van der Waals surface area contributed by atoms with Gasteiger partial charge in [-0.15, -0.1) is 0 Å². The van der Waals surface area contributed by atoms with Crippen molar-refractivity contribution in [2.24, 2.45) is 0 Å². The van der Waals surface area contributed by atoms with Crippen molar-refractivity contribution >= 4 is 29.1 Å². The molecule has 1 aromatic heterocycles. The summed E-state index contributed by atoms with van der Waals surface area (Å²) in [5.41, 5.74) is 2.38. The molecule has 8 nitrogen and oxygen atoms in total. The molecule has 0 saturated carbocycles. The zero-order valence-corrected chi connectivity index (χ0v) is 19.0. The number of benzene rings is 1. The van der Waals surface area contributed by atoms with Crippen LogP contribution in [0.3, 0.4) is 0 Å². The van der Waals surface area contributed by atoms with Gasteiger partial charge in [-0.1, -0.05) is 23.7 Å². The van der Waals surface area contributed by atoms with E-state index in [4.69, 9.17) is 16.3 Å². The molecule has 32 heavy (non-hydrogen) atoms. The Bertz CT molecular complexity index is 1040. The van der Waals surface area contributed by atoms with Gasteiger partial charge in [0.05, 0.1) is 36.1 Å². The third kappa shape index (κ3) is 4.30. The van der Waals surface area contributed by atoms with Crippen LogP contribution in [0.1, 0.15) is 35.0 Å². The molecule has 0 bridgehead atoms. The fourth-order valence-electron chi connectivity index (χ4n) is 4.46. The van der Waals surface area contributed by atoms with Crippen molar-refractivity contribution in [2.45, 2.75) is 26.3 Å². The van der Waals surface area contributed by atoms with Crippen molar-refractivity contribution in [3.63, 3.8) is 0 Å². The quantitative estimate of drug-likeness (QED) is 0.392. The molecule has 0 spiro atoms. The van der Waals surface area contributed by atoms with Crippen molar-refractivity contribution in [3.8, 4) is 0 Å². The normalized spacial score (nSPS) is 21.5. The van der Waals surface area contributed by atoms with Gasteiger partial charge in [0.2, 0.25) is 0 Å². The molecule has 3 heterocycles. The van der Waals surface area contributed by atoms with Gasteiger partial charge in [-0.2, -0.15) is 5.10 Å². The molecule has 2 aliphatic heterocycles. The second-order valence-electron chi connectivity index (χ2n) is 8.16. The fourth-order valence-corrected chi connectivity index (χ4v) is 4.66. The molecule has 1 atom stereocenters. The molecule has 2 N–H and O–H groups in total. The number of hydrogen-bond acceptors (Lipinski definition) is 6. The second kappa shape index (κ2) is 9.44. The monoisotopic (exact) mass is 458 g/mol. The Morgan fingerprint density at radius 3 is 2.66 bits per heavy atom. The van der Waals surface area contributed by atoms with Gasteiger partial charge in [0.25, 0.3) is 11.7 Å². The summed E-state index contributed by atoms with van der Waals surface area (Å²) in [6.45, 7) is 7.82. The number of ketones is 1. The minimum atomic E-state index is -0.716. The Kier molecular flexibility index (Phi) is 6.64. The lowest BCUT2D eigenvalue weighted by Gasteiger charge is -2.29. The number of aromatic amines is 1. The summed E-state index contributed by atoms with van der Waals surface area (Å²) < 4.78 is 5.39. The van der Waals surface area contributed by atoms with Crippen LogP contribution >= 0.6 is 11.6 Å². The lowest BCUT2D eigenvalue weighted by atomic mass is 9.94. The zero-order chi connectivity index (χ0) is 22.8. The highest BCUT2D eigenvalue weighted by atomic mass is 35.5. The predicted octanol–water partition coefficient (Wildman–Crippen LogP) is 2.82. The maximum atomic E-state index is 13.1. The highest BCUT2D eigenvalue weighted by molar-refractivity contribution is 6.46. The number of amides is 1. The Hall–Kier alpha value is -2.68. The number of nitrogens with zero attached hydrogens (tertiary/aromatic N) is 3. The highest BCUT2D eigenvalue weighted by Gasteiger charge is 2.46. The summed E-state index contributed by atoms with van der Waals surface area (Å²) in [5.74, 6) is -1.52. The van der Waals surface area contributed by atoms with Gasteiger partial charge in [0, 0.05) is 36.9 Å². The molecule has 1 amide bonds. The number of likely N-dealkylation sites (tertiary alicyclic amines) is 1. The number of morpholine rings is 1. The van der Waals surface area contributed by atoms with Crippen molar-refractivity contribution < 1.29 is 19.4 Å². The molecule has 2 saturated heterocycles. The van der Waals surface area contributed by atoms with E-state index in [1.54, 1.807) is 36.9 Å². The Morgan fingerprint density at radius 1 is 1.25 bits per heavy atom. The smallest absolute Gasteiger partial charge is 0.295 e. The first-order valence-electron chi connectivity index (χ1n) is 10.7. The SMILES string of the molecule is Cc1n[nH]c(C)c1C(O)=C1C(=O)C(=O)N(CCCN2CCOCC2)[C@H]1c1cccc(Cl)c1. The first kappa shape index (κ1) is 22.5. The zero-order valence-electron chi connectivity index (χ0n) is 18.2. The van der Waals surface area contributed by atoms with Gasteiger partial charge in [-0.05, 0) is 38.0 Å². The van der Waals surface area contributed by atoms with Crippen molar-refractivity contribution in [1.82, 2.24) is 20.0 Å². The molecule has 2 aromatic rings. The minimum Gasteiger partial charge on any atom is -0.507 e. The van der Waals surface area contributed by atoms with E-state index < -0.39 is 17.7 Å². The van der Waals surface area contributed by atoms with Crippen LogP contribution in [-0.4, -0.2) is 76.2 Å². The lowest BCUT2D eigenvalue weighted by molar-refractivity contribution is -0.140. The van der Waals surface area contributed by atoms with Crippen LogP contribution < -0.4 is 0 Å². The first-order chi connectivity index (χ1) is 15.4. The number of aromatic nitrogens is 2. The van der Waals surface area contributed by atoms with Crippen LogP contribution in [0.4, 0.5) is 0 Å². The molecule has 4 rings (SSSR count). The molecular formula is C23H27ClN4O4. The Balaban J connectivity index is 1.70. The molecule has 0 radical (unpaired) electrons. The summed E-state index contributed by atoms with van der Waals surface area (Å²) in [7, 11) is 0. The molecular weight excluding hydrogens is 432 g/mol. The number of ether oxygens (including phenoxy) is 1. The predicted molar refractivity (Wildman–Crippen MR) is 120 cm³/mol. The van der Waals surface area contributed by atoms with Crippen molar-refractivity contribution in [1.29, 1.82) is 0 Å². The number of carbonyl (C=O) groups is 2. The van der Waals surface area contributed by atoms with Crippen molar-refractivity contribution in [3.05, 3.63) is 57.4 Å². The molecule has 2 fully saturated rings. The summed E-state index contributed by atoms with van der Waals surface area (Å²) in [4.78, 5) is 30.0. The molecule has 0 aliphatic carbocycles. The minimum absolute atomic E-state index is 0.0660. The number of hydrogen-bond donors (Lipinski definition) is 2. The number of nitrogens with one attached hydrogen (secondary N) is 1.